The molecule has 2 N–H and O–H groups in total. The summed E-state index contributed by atoms with van der Waals surface area (Å²) in [6, 6.07) is 4.89. The Bertz CT molecular complexity index is 663. The number of nitrogens with one attached hydrogen (secondary N) is 2. The van der Waals surface area contributed by atoms with E-state index in [2.05, 4.69) is 47.0 Å². The minimum Gasteiger partial charge on any atom is -0.357 e. The molecule has 1 aromatic heterocycles. The summed E-state index contributed by atoms with van der Waals surface area (Å²) in [6.07, 6.45) is 7.52. The number of guanidine groups is 1. The van der Waals surface area contributed by atoms with E-state index in [1.165, 1.54) is 24.1 Å². The number of aliphatic imine (C=N–C) groups is 1. The number of likely N-dealkylation sites (tertiary alicyclic amines) is 2. The lowest BCUT2D eigenvalue weighted by molar-refractivity contribution is -0.130. The van der Waals surface area contributed by atoms with E-state index >= 15 is 0 Å². The van der Waals surface area contributed by atoms with Crippen LogP contribution in [0.5, 0.6) is 0 Å². The third-order valence-corrected chi connectivity index (χ3v) is 7.18. The fourth-order valence-corrected chi connectivity index (χ4v) is 5.65. The van der Waals surface area contributed by atoms with Crippen molar-refractivity contribution in [2.75, 3.05) is 46.3 Å². The van der Waals surface area contributed by atoms with Gasteiger partial charge in [0.05, 0.1) is 0 Å². The van der Waals surface area contributed by atoms with E-state index < -0.39 is 0 Å². The Kier molecular flexibility index (Phi) is 9.46. The normalized spacial score (nSPS) is 24.0. The molecule has 2 aliphatic rings. The largest absolute Gasteiger partial charge is 0.357 e. The molecule has 30 heavy (non-hydrogen) atoms. The Labute approximate surface area is 186 Å². The van der Waals surface area contributed by atoms with Crippen LogP contribution < -0.4 is 10.6 Å². The van der Waals surface area contributed by atoms with Crippen molar-refractivity contribution in [3.63, 3.8) is 0 Å². The number of carbonyl (C=O) groups excluding carboxylic acids is 1. The van der Waals surface area contributed by atoms with Crippen molar-refractivity contribution < 1.29 is 4.79 Å². The molecule has 3 rings (SSSR count). The van der Waals surface area contributed by atoms with Crippen LogP contribution in [0.4, 0.5) is 0 Å². The van der Waals surface area contributed by atoms with E-state index in [0.29, 0.717) is 17.9 Å². The maximum Gasteiger partial charge on any atom is 0.222 e. The first kappa shape index (κ1) is 23.1. The first-order chi connectivity index (χ1) is 14.7. The first-order valence-corrected chi connectivity index (χ1v) is 12.6. The lowest BCUT2D eigenvalue weighted by Gasteiger charge is -2.38. The maximum atomic E-state index is 12.1. The van der Waals surface area contributed by atoms with Crippen molar-refractivity contribution in [3.05, 3.63) is 22.4 Å². The standard InChI is InChI=1S/C23H39N5OS/c1-3-24-23(25-13-9-16-28-15-6-4-5-12-21(28)29)26-18-19-10-7-14-27(2)22(19)20-11-8-17-30-20/h8,11,17,19,22H,3-7,9-10,12-16,18H2,1-2H3,(H2,24,25,26). The molecular weight excluding hydrogens is 394 g/mol. The van der Waals surface area contributed by atoms with Gasteiger partial charge in [-0.25, -0.2) is 0 Å². The number of hydrogen-bond donors (Lipinski definition) is 2. The van der Waals surface area contributed by atoms with Crippen molar-refractivity contribution in [1.82, 2.24) is 20.4 Å². The van der Waals surface area contributed by atoms with Crippen molar-refractivity contribution in [3.8, 4) is 0 Å². The fraction of sp³-hybridized carbons (Fsp3) is 0.739. The van der Waals surface area contributed by atoms with Crippen molar-refractivity contribution in [2.45, 2.75) is 57.9 Å². The number of amides is 1. The molecule has 0 spiro atoms. The molecule has 0 radical (unpaired) electrons. The molecule has 2 saturated heterocycles. The summed E-state index contributed by atoms with van der Waals surface area (Å²) in [7, 11) is 2.24. The second-order valence-electron chi connectivity index (χ2n) is 8.53. The first-order valence-electron chi connectivity index (χ1n) is 11.7. The van der Waals surface area contributed by atoms with Crippen LogP contribution in [0.3, 0.4) is 0 Å². The van der Waals surface area contributed by atoms with Gasteiger partial charge in [-0.15, -0.1) is 11.3 Å². The zero-order valence-electron chi connectivity index (χ0n) is 18.7. The summed E-state index contributed by atoms with van der Waals surface area (Å²) < 4.78 is 0. The Hall–Kier alpha value is -1.60. The Morgan fingerprint density at radius 2 is 2.13 bits per heavy atom. The molecule has 2 atom stereocenters. The average Bonchev–Trinajstić information content (AvgIpc) is 3.19. The van der Waals surface area contributed by atoms with Gasteiger partial charge >= 0.3 is 0 Å². The molecule has 1 aromatic rings. The third kappa shape index (κ3) is 6.71. The average molecular weight is 434 g/mol. The highest BCUT2D eigenvalue weighted by Crippen LogP contribution is 2.37. The molecular formula is C23H39N5OS. The zero-order chi connectivity index (χ0) is 21.2. The van der Waals surface area contributed by atoms with Crippen LogP contribution in [0.15, 0.2) is 22.5 Å². The van der Waals surface area contributed by atoms with Crippen molar-refractivity contribution >= 4 is 23.2 Å². The van der Waals surface area contributed by atoms with Gasteiger partial charge in [0.25, 0.3) is 0 Å². The van der Waals surface area contributed by atoms with Crippen LogP contribution in [0.2, 0.25) is 0 Å². The SMILES string of the molecule is CCNC(=NCC1CCCN(C)C1c1cccs1)NCCCN1CCCCCC1=O. The van der Waals surface area contributed by atoms with Gasteiger partial charge in [-0.1, -0.05) is 12.5 Å². The molecule has 0 aromatic carbocycles. The highest BCUT2D eigenvalue weighted by atomic mass is 32.1. The molecule has 6 nitrogen and oxygen atoms in total. The predicted octanol–water partition coefficient (Wildman–Crippen LogP) is 3.48. The summed E-state index contributed by atoms with van der Waals surface area (Å²) in [6.45, 7) is 7.58. The van der Waals surface area contributed by atoms with E-state index in [-0.39, 0.29) is 0 Å². The van der Waals surface area contributed by atoms with E-state index in [1.807, 2.05) is 16.2 Å². The van der Waals surface area contributed by atoms with E-state index in [9.17, 15) is 4.79 Å². The molecule has 2 aliphatic heterocycles. The van der Waals surface area contributed by atoms with Crippen molar-refractivity contribution in [1.29, 1.82) is 0 Å². The number of hydrogen-bond acceptors (Lipinski definition) is 4. The number of piperidine rings is 1. The smallest absolute Gasteiger partial charge is 0.222 e. The summed E-state index contributed by atoms with van der Waals surface area (Å²) in [4.78, 5) is 23.1. The Morgan fingerprint density at radius 3 is 2.93 bits per heavy atom. The fourth-order valence-electron chi connectivity index (χ4n) is 4.66. The molecule has 0 aliphatic carbocycles. The van der Waals surface area contributed by atoms with Crippen LogP contribution in [0, 0.1) is 5.92 Å². The molecule has 3 heterocycles. The highest BCUT2D eigenvalue weighted by Gasteiger charge is 2.31. The lowest BCUT2D eigenvalue weighted by Crippen LogP contribution is -2.41. The molecule has 0 bridgehead atoms. The molecule has 0 saturated carbocycles. The van der Waals surface area contributed by atoms with Gasteiger partial charge in [0.2, 0.25) is 5.91 Å². The van der Waals surface area contributed by atoms with Gasteiger partial charge in [0.1, 0.15) is 0 Å². The van der Waals surface area contributed by atoms with E-state index in [0.717, 1.165) is 70.9 Å². The van der Waals surface area contributed by atoms with Crippen LogP contribution in [-0.4, -0.2) is 68.0 Å². The molecule has 7 heteroatoms. The Morgan fingerprint density at radius 1 is 1.23 bits per heavy atom. The number of nitrogens with zero attached hydrogens (tertiary/aromatic N) is 3. The summed E-state index contributed by atoms with van der Waals surface area (Å²) >= 11 is 1.86. The van der Waals surface area contributed by atoms with Crippen LogP contribution >= 0.6 is 11.3 Å². The monoisotopic (exact) mass is 433 g/mol. The molecule has 1 amide bonds. The minimum atomic E-state index is 0.328. The maximum absolute atomic E-state index is 12.1. The lowest BCUT2D eigenvalue weighted by atomic mass is 9.88. The van der Waals surface area contributed by atoms with Gasteiger partial charge in [-0.3, -0.25) is 14.7 Å². The van der Waals surface area contributed by atoms with E-state index in [4.69, 9.17) is 4.99 Å². The minimum absolute atomic E-state index is 0.328. The number of carbonyl (C=O) groups is 1. The Balaban J connectivity index is 1.50. The number of thiophene rings is 1. The van der Waals surface area contributed by atoms with Gasteiger partial charge in [-0.2, -0.15) is 0 Å². The highest BCUT2D eigenvalue weighted by molar-refractivity contribution is 7.10. The molecule has 2 unspecified atom stereocenters. The zero-order valence-corrected chi connectivity index (χ0v) is 19.6. The van der Waals surface area contributed by atoms with Crippen LogP contribution in [0.25, 0.3) is 0 Å². The van der Waals surface area contributed by atoms with Gasteiger partial charge in [-0.05, 0) is 70.0 Å². The molecule has 168 valence electrons. The summed E-state index contributed by atoms with van der Waals surface area (Å²) in [5.41, 5.74) is 0. The number of rotatable bonds is 8. The van der Waals surface area contributed by atoms with Crippen LogP contribution in [-0.2, 0) is 4.79 Å². The van der Waals surface area contributed by atoms with Crippen molar-refractivity contribution in [2.24, 2.45) is 10.9 Å². The third-order valence-electron chi connectivity index (χ3n) is 6.24. The predicted molar refractivity (Wildman–Crippen MR) is 126 cm³/mol. The van der Waals surface area contributed by atoms with Gasteiger partial charge < -0.3 is 15.5 Å². The second-order valence-corrected chi connectivity index (χ2v) is 9.51. The molecule has 2 fully saturated rings. The quantitative estimate of drug-likeness (QED) is 0.374. The van der Waals surface area contributed by atoms with Gasteiger partial charge in [0.15, 0.2) is 5.96 Å². The summed E-state index contributed by atoms with van der Waals surface area (Å²) in [5.74, 6) is 1.78. The second kappa shape index (κ2) is 12.3. The topological polar surface area (TPSA) is 60.0 Å². The van der Waals surface area contributed by atoms with E-state index in [1.54, 1.807) is 0 Å². The van der Waals surface area contributed by atoms with Crippen LogP contribution in [0.1, 0.15) is 62.8 Å². The van der Waals surface area contributed by atoms with Gasteiger partial charge in [0, 0.05) is 50.1 Å². The summed E-state index contributed by atoms with van der Waals surface area (Å²) in [5, 5.41) is 9.05.